The summed E-state index contributed by atoms with van der Waals surface area (Å²) in [6, 6.07) is 8.53. The van der Waals surface area contributed by atoms with Gasteiger partial charge in [-0.25, -0.2) is 0 Å². The van der Waals surface area contributed by atoms with Gasteiger partial charge in [0.1, 0.15) is 0 Å². The molecule has 0 aliphatic heterocycles. The summed E-state index contributed by atoms with van der Waals surface area (Å²) in [5.74, 6) is 0.649. The van der Waals surface area contributed by atoms with Gasteiger partial charge in [-0.1, -0.05) is 28.1 Å². The molecule has 6 heteroatoms. The molecule has 0 radical (unpaired) electrons. The molecule has 1 aliphatic carbocycles. The van der Waals surface area contributed by atoms with Crippen LogP contribution < -0.4 is 0 Å². The molecule has 1 aliphatic rings. The normalized spacial score (nSPS) is 23.4. The van der Waals surface area contributed by atoms with E-state index in [-0.39, 0.29) is 6.10 Å². The van der Waals surface area contributed by atoms with Gasteiger partial charge < -0.3 is 5.11 Å². The Labute approximate surface area is 122 Å². The van der Waals surface area contributed by atoms with Crippen molar-refractivity contribution in [3.63, 3.8) is 0 Å². The van der Waals surface area contributed by atoms with Crippen molar-refractivity contribution in [2.45, 2.75) is 37.7 Å². The smallest absolute Gasteiger partial charge is 0.261 e. The van der Waals surface area contributed by atoms with E-state index < -0.39 is 10.1 Å². The van der Waals surface area contributed by atoms with Crippen LogP contribution in [0.2, 0.25) is 0 Å². The summed E-state index contributed by atoms with van der Waals surface area (Å²) < 4.78 is 27.0. The number of aliphatic hydroxyl groups excluding tert-OH is 1. The largest absolute Gasteiger partial charge is 0.393 e. The fourth-order valence-electron chi connectivity index (χ4n) is 2.17. The van der Waals surface area contributed by atoms with E-state index in [0.29, 0.717) is 12.2 Å². The highest BCUT2D eigenvalue weighted by Gasteiger charge is 2.20. The highest BCUT2D eigenvalue weighted by Crippen LogP contribution is 2.33. The first-order valence-corrected chi connectivity index (χ1v) is 8.76. The highest BCUT2D eigenvalue weighted by molar-refractivity contribution is 9.10. The molecule has 1 fully saturated rings. The van der Waals surface area contributed by atoms with E-state index in [2.05, 4.69) is 40.2 Å². The van der Waals surface area contributed by atoms with E-state index in [1.807, 2.05) is 0 Å². The van der Waals surface area contributed by atoms with Crippen molar-refractivity contribution in [2.24, 2.45) is 0 Å². The second-order valence-electron chi connectivity index (χ2n) is 4.79. The summed E-state index contributed by atoms with van der Waals surface area (Å²) in [6.07, 6.45) is 4.81. The molecule has 0 saturated heterocycles. The van der Waals surface area contributed by atoms with Gasteiger partial charge in [0.15, 0.2) is 0 Å². The lowest BCUT2D eigenvalue weighted by molar-refractivity contribution is 0.122. The van der Waals surface area contributed by atoms with Crippen LogP contribution in [0.15, 0.2) is 28.7 Å². The van der Waals surface area contributed by atoms with Crippen molar-refractivity contribution in [2.75, 3.05) is 6.26 Å². The zero-order valence-electron chi connectivity index (χ0n) is 10.8. The first kappa shape index (κ1) is 16.6. The Morgan fingerprint density at radius 2 is 1.74 bits per heavy atom. The monoisotopic (exact) mass is 350 g/mol. The number of hydrogen-bond donors (Lipinski definition) is 2. The van der Waals surface area contributed by atoms with Gasteiger partial charge >= 0.3 is 0 Å². The molecule has 2 rings (SSSR count). The number of halogens is 1. The average molecular weight is 351 g/mol. The molecule has 0 heterocycles. The summed E-state index contributed by atoms with van der Waals surface area (Å²) in [5, 5.41) is 9.42. The van der Waals surface area contributed by atoms with Gasteiger partial charge in [-0.2, -0.15) is 8.42 Å². The Morgan fingerprint density at radius 3 is 2.21 bits per heavy atom. The van der Waals surface area contributed by atoms with Crippen LogP contribution in [0.1, 0.15) is 37.2 Å². The standard InChI is InChI=1S/C12H15BrO.CH4O3S/c13-11-3-1-2-10(8-11)9-4-6-12(14)7-5-9;1-5(2,3)4/h1-3,8-9,12,14H,4-7H2;1H3,(H,2,3,4). The van der Waals surface area contributed by atoms with E-state index in [4.69, 9.17) is 4.55 Å². The van der Waals surface area contributed by atoms with E-state index in [1.165, 1.54) is 5.56 Å². The molecule has 0 amide bonds. The maximum atomic E-state index is 9.42. The minimum Gasteiger partial charge on any atom is -0.393 e. The van der Waals surface area contributed by atoms with E-state index >= 15 is 0 Å². The first-order chi connectivity index (χ1) is 8.75. The van der Waals surface area contributed by atoms with Gasteiger partial charge in [-0.05, 0) is 49.3 Å². The van der Waals surface area contributed by atoms with E-state index in [1.54, 1.807) is 0 Å². The maximum absolute atomic E-state index is 9.42. The summed E-state index contributed by atoms with van der Waals surface area (Å²) in [7, 11) is -3.67. The van der Waals surface area contributed by atoms with Crippen LogP contribution in [-0.2, 0) is 10.1 Å². The third kappa shape index (κ3) is 7.67. The van der Waals surface area contributed by atoms with Crippen molar-refractivity contribution < 1.29 is 18.1 Å². The molecule has 19 heavy (non-hydrogen) atoms. The molecular weight excluding hydrogens is 332 g/mol. The Kier molecular flexibility index (Phi) is 6.46. The van der Waals surface area contributed by atoms with Gasteiger partial charge in [0.2, 0.25) is 0 Å². The summed E-state index contributed by atoms with van der Waals surface area (Å²) in [5.41, 5.74) is 1.41. The molecule has 0 bridgehead atoms. The fraction of sp³-hybridized carbons (Fsp3) is 0.538. The van der Waals surface area contributed by atoms with Gasteiger partial charge in [-0.15, -0.1) is 0 Å². The molecule has 0 spiro atoms. The minimum atomic E-state index is -3.67. The first-order valence-electron chi connectivity index (χ1n) is 6.11. The van der Waals surface area contributed by atoms with Crippen molar-refractivity contribution in [1.82, 2.24) is 0 Å². The molecule has 1 saturated carbocycles. The molecule has 108 valence electrons. The van der Waals surface area contributed by atoms with E-state index in [0.717, 1.165) is 30.2 Å². The van der Waals surface area contributed by atoms with Crippen LogP contribution in [0.25, 0.3) is 0 Å². The molecule has 0 atom stereocenters. The molecule has 1 aromatic rings. The quantitative estimate of drug-likeness (QED) is 0.763. The average Bonchev–Trinajstić information content (AvgIpc) is 2.27. The number of hydrogen-bond acceptors (Lipinski definition) is 3. The second-order valence-corrected chi connectivity index (χ2v) is 7.18. The predicted molar refractivity (Wildman–Crippen MR) is 78.8 cm³/mol. The highest BCUT2D eigenvalue weighted by atomic mass is 79.9. The Balaban J connectivity index is 0.000000312. The van der Waals surface area contributed by atoms with Crippen molar-refractivity contribution in [1.29, 1.82) is 0 Å². The third-order valence-corrected chi connectivity index (χ3v) is 3.51. The SMILES string of the molecule is CS(=O)(=O)O.OC1CCC(c2cccc(Br)c2)CC1. The number of benzene rings is 1. The topological polar surface area (TPSA) is 74.6 Å². The predicted octanol–water partition coefficient (Wildman–Crippen LogP) is 2.97. The van der Waals surface area contributed by atoms with Crippen molar-refractivity contribution in [3.8, 4) is 0 Å². The lowest BCUT2D eigenvalue weighted by Crippen LogP contribution is -2.16. The molecule has 0 unspecified atom stereocenters. The third-order valence-electron chi connectivity index (χ3n) is 3.02. The Morgan fingerprint density at radius 1 is 1.21 bits per heavy atom. The van der Waals surface area contributed by atoms with Gasteiger partial charge in [-0.3, -0.25) is 4.55 Å². The van der Waals surface area contributed by atoms with Crippen LogP contribution in [0, 0.1) is 0 Å². The summed E-state index contributed by atoms with van der Waals surface area (Å²) in [6.45, 7) is 0. The van der Waals surface area contributed by atoms with Crippen LogP contribution in [0.3, 0.4) is 0 Å². The molecule has 2 N–H and O–H groups in total. The zero-order valence-corrected chi connectivity index (χ0v) is 13.2. The van der Waals surface area contributed by atoms with Crippen LogP contribution >= 0.6 is 15.9 Å². The zero-order chi connectivity index (χ0) is 14.5. The fourth-order valence-corrected chi connectivity index (χ4v) is 2.59. The minimum absolute atomic E-state index is 0.0570. The van der Waals surface area contributed by atoms with Gasteiger partial charge in [0.25, 0.3) is 10.1 Å². The second kappa shape index (κ2) is 7.38. The Bertz CT molecular complexity index is 485. The lowest BCUT2D eigenvalue weighted by atomic mass is 9.83. The van der Waals surface area contributed by atoms with Crippen LogP contribution in [-0.4, -0.2) is 30.4 Å². The lowest BCUT2D eigenvalue weighted by Gasteiger charge is -2.25. The molecular formula is C13H19BrO4S. The number of rotatable bonds is 1. The van der Waals surface area contributed by atoms with Gasteiger partial charge in [0, 0.05) is 4.47 Å². The molecule has 1 aromatic carbocycles. The summed E-state index contributed by atoms with van der Waals surface area (Å²) >= 11 is 3.49. The van der Waals surface area contributed by atoms with Gasteiger partial charge in [0.05, 0.1) is 12.4 Å². The molecule has 4 nitrogen and oxygen atoms in total. The van der Waals surface area contributed by atoms with E-state index in [9.17, 15) is 13.5 Å². The number of aliphatic hydroxyl groups is 1. The van der Waals surface area contributed by atoms with Crippen LogP contribution in [0.5, 0.6) is 0 Å². The van der Waals surface area contributed by atoms with Crippen molar-refractivity contribution >= 4 is 26.0 Å². The maximum Gasteiger partial charge on any atom is 0.261 e. The van der Waals surface area contributed by atoms with Crippen molar-refractivity contribution in [3.05, 3.63) is 34.3 Å². The summed E-state index contributed by atoms with van der Waals surface area (Å²) in [4.78, 5) is 0. The van der Waals surface area contributed by atoms with Crippen LogP contribution in [0.4, 0.5) is 0 Å². The molecule has 0 aromatic heterocycles. The Hall–Kier alpha value is -0.430.